The lowest BCUT2D eigenvalue weighted by Gasteiger charge is -2.13. The molecule has 0 unspecified atom stereocenters. The molecule has 0 aromatic heterocycles. The monoisotopic (exact) mass is 1080 g/mol. The molecule has 7 rings (SSSR count). The third-order valence-corrected chi connectivity index (χ3v) is 13.5. The predicted octanol–water partition coefficient (Wildman–Crippen LogP) is 16.1. The van der Waals surface area contributed by atoms with Crippen molar-refractivity contribution in [2.45, 2.75) is 103 Å². The van der Waals surface area contributed by atoms with Crippen molar-refractivity contribution in [2.24, 2.45) is 0 Å². The number of esters is 3. The van der Waals surface area contributed by atoms with Crippen LogP contribution in [0.15, 0.2) is 153 Å². The second-order valence-corrected chi connectivity index (χ2v) is 19.8. The van der Waals surface area contributed by atoms with Gasteiger partial charge in [-0.05, 0) is 175 Å². The first-order valence-corrected chi connectivity index (χ1v) is 28.3. The van der Waals surface area contributed by atoms with Crippen molar-refractivity contribution in [3.8, 4) is 34.8 Å². The summed E-state index contributed by atoms with van der Waals surface area (Å²) < 4.78 is 46.4. The number of nitriles is 1. The molecule has 0 amide bonds. The van der Waals surface area contributed by atoms with Crippen LogP contribution in [-0.2, 0) is 14.2 Å². The summed E-state index contributed by atoms with van der Waals surface area (Å²) in [6.45, 7) is 12.0. The fourth-order valence-electron chi connectivity index (χ4n) is 9.14. The van der Waals surface area contributed by atoms with Gasteiger partial charge in [0.1, 0.15) is 34.3 Å². The summed E-state index contributed by atoms with van der Waals surface area (Å²) in [5.41, 5.74) is 1.20. The minimum atomic E-state index is -0.703. The third kappa shape index (κ3) is 19.7. The van der Waals surface area contributed by atoms with Gasteiger partial charge in [-0.25, -0.2) is 14.4 Å². The number of rotatable bonds is 37. The second-order valence-electron chi connectivity index (χ2n) is 19.8. The quantitative estimate of drug-likeness (QED) is 0.0158. The fourth-order valence-corrected chi connectivity index (χ4v) is 9.14. The van der Waals surface area contributed by atoms with E-state index in [9.17, 15) is 14.4 Å². The van der Waals surface area contributed by atoms with Crippen molar-refractivity contribution in [3.63, 3.8) is 0 Å². The molecule has 0 fully saturated rings. The lowest BCUT2D eigenvalue weighted by molar-refractivity contribution is 0.0490. The van der Waals surface area contributed by atoms with Gasteiger partial charge >= 0.3 is 17.9 Å². The third-order valence-electron chi connectivity index (χ3n) is 13.5. The molecule has 0 saturated heterocycles. The average Bonchev–Trinajstić information content (AvgIpc) is 3.49. The topological polar surface area (TPSA) is 149 Å². The molecule has 7 aromatic carbocycles. The number of ether oxygens (including phenoxy) is 8. The molecule has 0 heterocycles. The molecule has 0 radical (unpaired) electrons. The molecule has 0 spiro atoms. The van der Waals surface area contributed by atoms with Crippen LogP contribution >= 0.6 is 0 Å². The van der Waals surface area contributed by atoms with Gasteiger partial charge in [0, 0.05) is 13.2 Å². The van der Waals surface area contributed by atoms with Crippen molar-refractivity contribution < 1.29 is 52.3 Å². The Labute approximate surface area is 471 Å². The molecule has 0 bridgehead atoms. The number of fused-ring (bicyclic) bond motifs is 3. The molecular formula is C68H75NO11. The first kappa shape index (κ1) is 59.7. The number of carbonyl (C=O) groups is 3. The van der Waals surface area contributed by atoms with Gasteiger partial charge in [-0.15, -0.1) is 13.2 Å². The largest absolute Gasteiger partial charge is 0.494 e. The van der Waals surface area contributed by atoms with Crippen LogP contribution in [0.1, 0.15) is 139 Å². The van der Waals surface area contributed by atoms with Gasteiger partial charge < -0.3 is 37.9 Å². The van der Waals surface area contributed by atoms with Crippen molar-refractivity contribution in [3.05, 3.63) is 175 Å². The summed E-state index contributed by atoms with van der Waals surface area (Å²) in [7, 11) is 0. The molecule has 12 nitrogen and oxygen atoms in total. The van der Waals surface area contributed by atoms with Crippen molar-refractivity contribution in [1.29, 1.82) is 5.26 Å². The summed E-state index contributed by atoms with van der Waals surface area (Å²) in [5.74, 6) is 0.400. The molecule has 80 heavy (non-hydrogen) atoms. The summed E-state index contributed by atoms with van der Waals surface area (Å²) >= 11 is 0. The van der Waals surface area contributed by atoms with E-state index >= 15 is 0 Å². The normalized spacial score (nSPS) is 11.0. The molecule has 0 aliphatic heterocycles. The lowest BCUT2D eigenvalue weighted by atomic mass is 10.1. The van der Waals surface area contributed by atoms with Crippen LogP contribution in [0.2, 0.25) is 0 Å². The van der Waals surface area contributed by atoms with E-state index in [1.54, 1.807) is 36.4 Å². The molecule has 0 atom stereocenters. The molecule has 12 heteroatoms. The highest BCUT2D eigenvalue weighted by Gasteiger charge is 2.21. The van der Waals surface area contributed by atoms with Gasteiger partial charge in [0.2, 0.25) is 0 Å². The Morgan fingerprint density at radius 2 is 0.775 bits per heavy atom. The highest BCUT2D eigenvalue weighted by molar-refractivity contribution is 6.00. The summed E-state index contributed by atoms with van der Waals surface area (Å²) in [6.07, 6.45) is 19.5. The predicted molar refractivity (Wildman–Crippen MR) is 316 cm³/mol. The SMILES string of the molecule is C=CCOCCCCCCOc1ccc2cc(C(=O)Oc3ccc(OC(=O)c4ccc5cc(OCCCCCCOCC=C)ccc5c4)c(C(=O)OCCCCCCCCCCOc4ccc5cc(C#N)ccc5c4)c3)ccc2c1. The van der Waals surface area contributed by atoms with E-state index in [1.807, 2.05) is 84.9 Å². The van der Waals surface area contributed by atoms with Crippen LogP contribution in [0, 0.1) is 11.3 Å². The molecule has 418 valence electrons. The fraction of sp³-hybridized carbons (Fsp3) is 0.353. The molecule has 0 saturated carbocycles. The zero-order valence-electron chi connectivity index (χ0n) is 46.1. The maximum atomic E-state index is 13.8. The van der Waals surface area contributed by atoms with Crippen molar-refractivity contribution >= 4 is 50.2 Å². The number of unbranched alkanes of at least 4 members (excludes halogenated alkanes) is 13. The minimum Gasteiger partial charge on any atom is -0.494 e. The number of hydrogen-bond donors (Lipinski definition) is 0. The van der Waals surface area contributed by atoms with Gasteiger partial charge in [0.25, 0.3) is 0 Å². The number of hydrogen-bond acceptors (Lipinski definition) is 12. The summed E-state index contributed by atoms with van der Waals surface area (Å²) in [5, 5.41) is 14.7. The molecule has 0 aliphatic carbocycles. The van der Waals surface area contributed by atoms with E-state index in [-0.39, 0.29) is 29.2 Å². The highest BCUT2D eigenvalue weighted by Crippen LogP contribution is 2.30. The Balaban J connectivity index is 0.900. The Kier molecular flexibility index (Phi) is 25.0. The molecule has 0 N–H and O–H groups in total. The van der Waals surface area contributed by atoms with Crippen molar-refractivity contribution in [1.82, 2.24) is 0 Å². The van der Waals surface area contributed by atoms with Gasteiger partial charge in [-0.3, -0.25) is 0 Å². The smallest absolute Gasteiger partial charge is 0.343 e. The maximum Gasteiger partial charge on any atom is 0.343 e. The van der Waals surface area contributed by atoms with Crippen LogP contribution in [0.25, 0.3) is 32.3 Å². The Morgan fingerprint density at radius 3 is 1.25 bits per heavy atom. The zero-order chi connectivity index (χ0) is 56.0. The van der Waals surface area contributed by atoms with E-state index in [0.717, 1.165) is 159 Å². The van der Waals surface area contributed by atoms with Crippen LogP contribution in [-0.4, -0.2) is 70.8 Å². The first-order valence-electron chi connectivity index (χ1n) is 28.3. The van der Waals surface area contributed by atoms with Crippen LogP contribution in [0.3, 0.4) is 0 Å². The van der Waals surface area contributed by atoms with Gasteiger partial charge in [0.05, 0.1) is 62.4 Å². The second kappa shape index (κ2) is 33.5. The van der Waals surface area contributed by atoms with Crippen molar-refractivity contribution in [2.75, 3.05) is 52.9 Å². The van der Waals surface area contributed by atoms with E-state index in [2.05, 4.69) is 19.2 Å². The van der Waals surface area contributed by atoms with Gasteiger partial charge in [-0.1, -0.05) is 99.9 Å². The van der Waals surface area contributed by atoms with Crippen LogP contribution in [0.4, 0.5) is 0 Å². The van der Waals surface area contributed by atoms with E-state index < -0.39 is 17.9 Å². The summed E-state index contributed by atoms with van der Waals surface area (Å²) in [4.78, 5) is 41.2. The Morgan fingerprint density at radius 1 is 0.388 bits per heavy atom. The molecular weight excluding hydrogens is 1010 g/mol. The number of carbonyl (C=O) groups excluding carboxylic acids is 3. The first-order chi connectivity index (χ1) is 39.3. The summed E-state index contributed by atoms with van der Waals surface area (Å²) in [6, 6.07) is 40.1. The molecule has 0 aliphatic rings. The van der Waals surface area contributed by atoms with Crippen LogP contribution in [0.5, 0.6) is 28.7 Å². The average molecular weight is 1080 g/mol. The Hall–Kier alpha value is -7.98. The molecule has 7 aromatic rings. The standard InChI is InChI=1S/C68H75NO11/c1-3-35-73-37-15-11-13-18-40-76-61-31-28-53-44-58(25-23-56(53)47-61)66(70)79-63-33-34-65(80-67(71)59-26-24-57-48-62(32-29-54(57)45-59)77-41-19-14-12-16-38-74-36-4-2)64(49-63)68(72)78-42-20-10-8-6-5-7-9-17-39-75-60-30-27-52-43-51(50-69)21-22-55(52)46-60/h3-4,21-34,43-49H,1-2,5-20,35-42H2. The van der Waals surface area contributed by atoms with Crippen LogP contribution < -0.4 is 23.7 Å². The number of nitrogens with zero attached hydrogens (tertiary/aromatic N) is 1. The number of benzene rings is 7. The van der Waals surface area contributed by atoms with E-state index in [1.165, 1.54) is 18.2 Å². The highest BCUT2D eigenvalue weighted by atomic mass is 16.6. The van der Waals surface area contributed by atoms with E-state index in [0.29, 0.717) is 50.6 Å². The van der Waals surface area contributed by atoms with Gasteiger partial charge in [0.15, 0.2) is 0 Å². The van der Waals surface area contributed by atoms with Gasteiger partial charge in [-0.2, -0.15) is 5.26 Å². The Bertz CT molecular complexity index is 3180. The van der Waals surface area contributed by atoms with E-state index in [4.69, 9.17) is 43.2 Å². The lowest BCUT2D eigenvalue weighted by Crippen LogP contribution is -2.14. The minimum absolute atomic E-state index is 0.0247. The zero-order valence-corrected chi connectivity index (χ0v) is 46.1. The maximum absolute atomic E-state index is 13.8.